The highest BCUT2D eigenvalue weighted by Gasteiger charge is 2.22. The molecule has 0 bridgehead atoms. The van der Waals surface area contributed by atoms with Gasteiger partial charge in [0, 0.05) is 34.7 Å². The summed E-state index contributed by atoms with van der Waals surface area (Å²) in [4.78, 5) is 12.5. The second-order valence-electron chi connectivity index (χ2n) is 12.1. The zero-order valence-electron chi connectivity index (χ0n) is 25.3. The van der Waals surface area contributed by atoms with Gasteiger partial charge < -0.3 is 9.84 Å². The number of nitrogens with one attached hydrogen (secondary N) is 1. The van der Waals surface area contributed by atoms with E-state index in [1.807, 2.05) is 60.7 Å². The van der Waals surface area contributed by atoms with Crippen molar-refractivity contribution in [2.75, 3.05) is 12.3 Å². The Morgan fingerprint density at radius 1 is 0.889 bits per heavy atom. The van der Waals surface area contributed by atoms with Crippen molar-refractivity contribution in [2.24, 2.45) is 0 Å². The van der Waals surface area contributed by atoms with E-state index in [4.69, 9.17) is 20.7 Å². The molecule has 1 atom stereocenters. The van der Waals surface area contributed by atoms with Gasteiger partial charge in [-0.05, 0) is 70.0 Å². The largest absolute Gasteiger partial charge is 0.356 e. The Balaban J connectivity index is 1.42. The Kier molecular flexibility index (Phi) is 9.58. The van der Waals surface area contributed by atoms with E-state index in [1.54, 1.807) is 12.1 Å². The molecule has 0 aliphatic rings. The van der Waals surface area contributed by atoms with Gasteiger partial charge in [-0.25, -0.2) is 0 Å². The van der Waals surface area contributed by atoms with Gasteiger partial charge in [0.1, 0.15) is 0 Å². The molecule has 2 N–H and O–H groups in total. The van der Waals surface area contributed by atoms with Crippen LogP contribution in [0.5, 0.6) is 0 Å². The van der Waals surface area contributed by atoms with Crippen molar-refractivity contribution in [3.8, 4) is 22.5 Å². The normalized spacial score (nSPS) is 12.6. The van der Waals surface area contributed by atoms with Gasteiger partial charge in [0.25, 0.3) is 16.0 Å². The number of hydrogen-bond donors (Lipinski definition) is 2. The summed E-state index contributed by atoms with van der Waals surface area (Å²) >= 11 is 6.23. The van der Waals surface area contributed by atoms with Crippen LogP contribution in [0, 0.1) is 0 Å². The lowest BCUT2D eigenvalue weighted by Gasteiger charge is -2.21. The van der Waals surface area contributed by atoms with Crippen LogP contribution in [0.2, 0.25) is 5.02 Å². The molecular formula is C36H35ClN2O5S. The maximum absolute atomic E-state index is 12.5. The van der Waals surface area contributed by atoms with Crippen molar-refractivity contribution >= 4 is 27.6 Å². The van der Waals surface area contributed by atoms with Gasteiger partial charge in [0.15, 0.2) is 5.76 Å². The number of aromatic nitrogens is 1. The fourth-order valence-electron chi connectivity index (χ4n) is 5.14. The highest BCUT2D eigenvalue weighted by atomic mass is 35.5. The molecule has 9 heteroatoms. The first-order valence-electron chi connectivity index (χ1n) is 14.6. The zero-order valence-corrected chi connectivity index (χ0v) is 26.9. The van der Waals surface area contributed by atoms with Gasteiger partial charge in [0.05, 0.1) is 11.4 Å². The topological polar surface area (TPSA) is 110 Å². The fraction of sp³-hybridized carbons (Fsp3) is 0.222. The van der Waals surface area contributed by atoms with Crippen molar-refractivity contribution < 1.29 is 22.3 Å². The molecule has 7 nitrogen and oxygen atoms in total. The van der Waals surface area contributed by atoms with Crippen LogP contribution in [-0.2, 0) is 22.0 Å². The minimum absolute atomic E-state index is 0.0147. The van der Waals surface area contributed by atoms with Crippen molar-refractivity contribution in [2.45, 2.75) is 38.5 Å². The first-order valence-corrected chi connectivity index (χ1v) is 16.6. The summed E-state index contributed by atoms with van der Waals surface area (Å²) in [7, 11) is -4.15. The second-order valence-corrected chi connectivity index (χ2v) is 14.1. The van der Waals surface area contributed by atoms with Crippen LogP contribution < -0.4 is 5.32 Å². The number of carbonyl (C=O) groups is 1. The van der Waals surface area contributed by atoms with E-state index in [0.29, 0.717) is 22.8 Å². The highest BCUT2D eigenvalue weighted by Crippen LogP contribution is 2.34. The molecule has 5 rings (SSSR count). The Bertz CT molecular complexity index is 1890. The lowest BCUT2D eigenvalue weighted by molar-refractivity contribution is 0.0956. The van der Waals surface area contributed by atoms with Gasteiger partial charge >= 0.3 is 0 Å². The Labute approximate surface area is 269 Å². The van der Waals surface area contributed by atoms with E-state index in [-0.39, 0.29) is 17.9 Å². The summed E-state index contributed by atoms with van der Waals surface area (Å²) in [6.07, 6.45) is 0.605. The third-order valence-electron chi connectivity index (χ3n) is 7.67. The molecule has 0 radical (unpaired) electrons. The second kappa shape index (κ2) is 13.4. The maximum atomic E-state index is 12.5. The predicted molar refractivity (Wildman–Crippen MR) is 178 cm³/mol. The molecule has 4 aromatic carbocycles. The summed E-state index contributed by atoms with van der Waals surface area (Å²) in [6, 6.07) is 33.5. The van der Waals surface area contributed by atoms with Gasteiger partial charge in [-0.15, -0.1) is 0 Å². The van der Waals surface area contributed by atoms with Crippen LogP contribution in [0.1, 0.15) is 59.4 Å². The van der Waals surface area contributed by atoms with Gasteiger partial charge in [0.2, 0.25) is 0 Å². The molecule has 0 aliphatic heterocycles. The SMILES string of the molecule is CC(C)(C)c1ccc(C(Cc2ccc(C(=O)NCCS(=O)(=O)O)cc2)c2cc(-c3cccc(-c4cccc(Cl)c4)c3)on2)cc1. The number of halogens is 1. The number of nitrogens with zero attached hydrogens (tertiary/aromatic N) is 1. The molecule has 1 aromatic heterocycles. The zero-order chi connectivity index (χ0) is 32.2. The number of carbonyl (C=O) groups excluding carboxylic acids is 1. The van der Waals surface area contributed by atoms with E-state index in [9.17, 15) is 13.2 Å². The van der Waals surface area contributed by atoms with E-state index in [2.05, 4.69) is 61.6 Å². The summed E-state index contributed by atoms with van der Waals surface area (Å²) < 4.78 is 36.7. The third kappa shape index (κ3) is 8.48. The monoisotopic (exact) mass is 642 g/mol. The van der Waals surface area contributed by atoms with Gasteiger partial charge in [-0.3, -0.25) is 9.35 Å². The summed E-state index contributed by atoms with van der Waals surface area (Å²) in [5, 5.41) is 7.71. The van der Waals surface area contributed by atoms with Crippen molar-refractivity contribution in [1.82, 2.24) is 10.5 Å². The average Bonchev–Trinajstić information content (AvgIpc) is 3.49. The third-order valence-corrected chi connectivity index (χ3v) is 8.63. The predicted octanol–water partition coefficient (Wildman–Crippen LogP) is 7.95. The van der Waals surface area contributed by atoms with Crippen molar-refractivity contribution in [3.63, 3.8) is 0 Å². The fourth-order valence-corrected chi connectivity index (χ4v) is 5.69. The van der Waals surface area contributed by atoms with E-state index < -0.39 is 21.8 Å². The van der Waals surface area contributed by atoms with Gasteiger partial charge in [-0.1, -0.05) is 104 Å². The molecule has 1 amide bonds. The van der Waals surface area contributed by atoms with E-state index in [1.165, 1.54) is 5.56 Å². The Hall–Kier alpha value is -4.24. The molecular weight excluding hydrogens is 608 g/mol. The lowest BCUT2D eigenvalue weighted by Crippen LogP contribution is -2.28. The number of benzene rings is 4. The molecule has 5 aromatic rings. The van der Waals surface area contributed by atoms with E-state index in [0.717, 1.165) is 33.5 Å². The quantitative estimate of drug-likeness (QED) is 0.150. The van der Waals surface area contributed by atoms with Crippen molar-refractivity contribution in [1.29, 1.82) is 0 Å². The van der Waals surface area contributed by atoms with Crippen LogP contribution in [-0.4, -0.2) is 36.3 Å². The number of amides is 1. The standard InChI is InChI=1S/C36H35ClN2O5S/c1-36(2,3)30-16-14-25(15-17-30)32(20-24-10-12-26(13-11-24)35(40)38-18-19-45(41,42)43)33-23-34(44-39-33)29-8-4-6-27(21-29)28-7-5-9-31(37)22-28/h4-17,21-23,32H,18-20H2,1-3H3,(H,38,40)(H,41,42,43). The number of rotatable bonds is 10. The molecule has 232 valence electrons. The Morgan fingerprint density at radius 3 is 2.18 bits per heavy atom. The molecule has 0 saturated carbocycles. The molecule has 0 spiro atoms. The smallest absolute Gasteiger partial charge is 0.266 e. The van der Waals surface area contributed by atoms with Crippen LogP contribution >= 0.6 is 11.6 Å². The molecule has 1 heterocycles. The van der Waals surface area contributed by atoms with E-state index >= 15 is 0 Å². The lowest BCUT2D eigenvalue weighted by atomic mass is 9.83. The summed E-state index contributed by atoms with van der Waals surface area (Å²) in [6.45, 7) is 6.37. The minimum atomic E-state index is -4.15. The van der Waals surface area contributed by atoms with Crippen LogP contribution in [0.4, 0.5) is 0 Å². The maximum Gasteiger partial charge on any atom is 0.266 e. The number of hydrogen-bond acceptors (Lipinski definition) is 5. The van der Waals surface area contributed by atoms with Gasteiger partial charge in [-0.2, -0.15) is 8.42 Å². The molecule has 0 aliphatic carbocycles. The van der Waals surface area contributed by atoms with Crippen molar-refractivity contribution in [3.05, 3.63) is 136 Å². The average molecular weight is 643 g/mol. The molecule has 0 saturated heterocycles. The highest BCUT2D eigenvalue weighted by molar-refractivity contribution is 7.85. The first-order chi connectivity index (χ1) is 21.4. The summed E-state index contributed by atoms with van der Waals surface area (Å²) in [5.41, 5.74) is 7.42. The van der Waals surface area contributed by atoms with Crippen LogP contribution in [0.15, 0.2) is 108 Å². The minimum Gasteiger partial charge on any atom is -0.356 e. The van der Waals surface area contributed by atoms with Crippen LogP contribution in [0.25, 0.3) is 22.5 Å². The van der Waals surface area contributed by atoms with Crippen LogP contribution in [0.3, 0.4) is 0 Å². The molecule has 0 fully saturated rings. The molecule has 45 heavy (non-hydrogen) atoms. The summed E-state index contributed by atoms with van der Waals surface area (Å²) in [5.74, 6) is -0.429. The first kappa shape index (κ1) is 32.2. The molecule has 1 unspecified atom stereocenters. The Morgan fingerprint density at radius 2 is 1.53 bits per heavy atom.